The Labute approximate surface area is 117 Å². The molecule has 0 aliphatic heterocycles. The lowest BCUT2D eigenvalue weighted by Gasteiger charge is -2.12. The number of alkyl halides is 1. The lowest BCUT2D eigenvalue weighted by atomic mass is 10.0. The quantitative estimate of drug-likeness (QED) is 0.608. The van der Waals surface area contributed by atoms with Crippen molar-refractivity contribution in [1.29, 1.82) is 0 Å². The average molecular weight is 336 g/mol. The van der Waals surface area contributed by atoms with E-state index in [4.69, 9.17) is 23.2 Å². The van der Waals surface area contributed by atoms with Crippen molar-refractivity contribution < 1.29 is 0 Å². The van der Waals surface area contributed by atoms with Crippen LogP contribution in [0, 0.1) is 6.92 Å². The molecule has 4 heteroatoms. The van der Waals surface area contributed by atoms with Crippen LogP contribution in [0.1, 0.15) is 21.4 Å². The van der Waals surface area contributed by atoms with Crippen molar-refractivity contribution in [2.75, 3.05) is 0 Å². The highest BCUT2D eigenvalue weighted by molar-refractivity contribution is 9.10. The molecule has 0 aliphatic rings. The second-order valence-corrected chi connectivity index (χ2v) is 6.20. The van der Waals surface area contributed by atoms with Gasteiger partial charge in [0.2, 0.25) is 0 Å². The Morgan fingerprint density at radius 2 is 2.06 bits per heavy atom. The maximum absolute atomic E-state index is 6.46. The number of thiophene rings is 1. The zero-order valence-corrected chi connectivity index (χ0v) is 12.4. The largest absolute Gasteiger partial charge is 0.145 e. The van der Waals surface area contributed by atoms with Gasteiger partial charge in [0.15, 0.2) is 0 Å². The van der Waals surface area contributed by atoms with Gasteiger partial charge in [-0.15, -0.1) is 22.9 Å². The fraction of sp³-hybridized carbons (Fsp3) is 0.167. The number of rotatable bonds is 2. The monoisotopic (exact) mass is 334 g/mol. The molecule has 0 aliphatic carbocycles. The van der Waals surface area contributed by atoms with E-state index >= 15 is 0 Å². The summed E-state index contributed by atoms with van der Waals surface area (Å²) in [5, 5.41) is 2.52. The second-order valence-electron chi connectivity index (χ2n) is 3.50. The molecule has 1 heterocycles. The number of hydrogen-bond acceptors (Lipinski definition) is 1. The predicted molar refractivity (Wildman–Crippen MR) is 75.9 cm³/mol. The Bertz CT molecular complexity index is 507. The van der Waals surface area contributed by atoms with E-state index in [0.717, 1.165) is 19.9 Å². The summed E-state index contributed by atoms with van der Waals surface area (Å²) in [5.74, 6) is 0. The topological polar surface area (TPSA) is 0 Å². The van der Waals surface area contributed by atoms with E-state index in [9.17, 15) is 0 Å². The van der Waals surface area contributed by atoms with Crippen LogP contribution in [0.15, 0.2) is 34.1 Å². The zero-order chi connectivity index (χ0) is 11.7. The molecule has 0 fully saturated rings. The van der Waals surface area contributed by atoms with Gasteiger partial charge in [0.05, 0.1) is 10.4 Å². The Hall–Kier alpha value is -0.0200. The van der Waals surface area contributed by atoms with Gasteiger partial charge in [-0.2, -0.15) is 0 Å². The SMILES string of the molecule is Cc1ccc(Br)cc1C(Cl)c1sccc1Cl. The molecule has 0 saturated heterocycles. The van der Waals surface area contributed by atoms with E-state index in [1.807, 2.05) is 23.6 Å². The van der Waals surface area contributed by atoms with Gasteiger partial charge in [-0.05, 0) is 41.6 Å². The third kappa shape index (κ3) is 2.45. The zero-order valence-electron chi connectivity index (χ0n) is 8.51. The van der Waals surface area contributed by atoms with Crippen LogP contribution in [-0.4, -0.2) is 0 Å². The van der Waals surface area contributed by atoms with Crippen LogP contribution in [0.5, 0.6) is 0 Å². The van der Waals surface area contributed by atoms with E-state index in [1.165, 1.54) is 5.56 Å². The molecule has 0 radical (unpaired) electrons. The first-order chi connectivity index (χ1) is 7.59. The van der Waals surface area contributed by atoms with Crippen molar-refractivity contribution in [1.82, 2.24) is 0 Å². The molecule has 2 rings (SSSR count). The van der Waals surface area contributed by atoms with Gasteiger partial charge in [-0.25, -0.2) is 0 Å². The summed E-state index contributed by atoms with van der Waals surface area (Å²) < 4.78 is 1.03. The Kier molecular flexibility index (Phi) is 3.96. The minimum atomic E-state index is -0.176. The molecule has 16 heavy (non-hydrogen) atoms. The summed E-state index contributed by atoms with van der Waals surface area (Å²) in [6.07, 6.45) is 0. The molecule has 0 amide bonds. The lowest BCUT2D eigenvalue weighted by Crippen LogP contribution is -1.94. The highest BCUT2D eigenvalue weighted by Gasteiger charge is 2.17. The Morgan fingerprint density at radius 1 is 1.31 bits per heavy atom. The summed E-state index contributed by atoms with van der Waals surface area (Å²) in [7, 11) is 0. The third-order valence-electron chi connectivity index (χ3n) is 2.39. The van der Waals surface area contributed by atoms with E-state index in [0.29, 0.717) is 0 Å². The molecule has 1 unspecified atom stereocenters. The first kappa shape index (κ1) is 12.4. The number of aryl methyl sites for hydroxylation is 1. The molecule has 1 aromatic heterocycles. The van der Waals surface area contributed by atoms with E-state index < -0.39 is 0 Å². The molecule has 0 N–H and O–H groups in total. The Balaban J connectivity index is 2.45. The Morgan fingerprint density at radius 3 is 2.69 bits per heavy atom. The van der Waals surface area contributed by atoms with Gasteiger partial charge in [-0.1, -0.05) is 33.6 Å². The first-order valence-electron chi connectivity index (χ1n) is 4.72. The fourth-order valence-corrected chi connectivity index (χ4v) is 3.61. The summed E-state index contributed by atoms with van der Waals surface area (Å²) in [6.45, 7) is 2.05. The molecule has 0 nitrogen and oxygen atoms in total. The van der Waals surface area contributed by atoms with E-state index in [-0.39, 0.29) is 5.38 Å². The van der Waals surface area contributed by atoms with Crippen LogP contribution in [0.3, 0.4) is 0 Å². The predicted octanol–water partition coefficient (Wildman–Crippen LogP) is 5.80. The van der Waals surface area contributed by atoms with Crippen molar-refractivity contribution in [3.8, 4) is 0 Å². The van der Waals surface area contributed by atoms with E-state index in [2.05, 4.69) is 28.9 Å². The molecule has 2 aromatic rings. The van der Waals surface area contributed by atoms with Gasteiger partial charge in [0.1, 0.15) is 0 Å². The van der Waals surface area contributed by atoms with Crippen LogP contribution >= 0.6 is 50.5 Å². The number of benzene rings is 1. The van der Waals surface area contributed by atoms with Gasteiger partial charge in [0.25, 0.3) is 0 Å². The molecular weight excluding hydrogens is 327 g/mol. The normalized spacial score (nSPS) is 12.8. The van der Waals surface area contributed by atoms with Crippen molar-refractivity contribution >= 4 is 50.5 Å². The maximum atomic E-state index is 6.46. The minimum absolute atomic E-state index is 0.176. The maximum Gasteiger partial charge on any atom is 0.0945 e. The molecule has 0 saturated carbocycles. The molecule has 1 aromatic carbocycles. The lowest BCUT2D eigenvalue weighted by molar-refractivity contribution is 1.14. The van der Waals surface area contributed by atoms with Gasteiger partial charge < -0.3 is 0 Å². The van der Waals surface area contributed by atoms with Crippen LogP contribution in [-0.2, 0) is 0 Å². The number of halogens is 3. The molecule has 0 bridgehead atoms. The first-order valence-corrected chi connectivity index (χ1v) is 7.21. The highest BCUT2D eigenvalue weighted by atomic mass is 79.9. The number of hydrogen-bond donors (Lipinski definition) is 0. The van der Waals surface area contributed by atoms with Gasteiger partial charge in [0, 0.05) is 9.35 Å². The van der Waals surface area contributed by atoms with E-state index in [1.54, 1.807) is 11.3 Å². The third-order valence-corrected chi connectivity index (χ3v) is 4.89. The molecule has 84 valence electrons. The van der Waals surface area contributed by atoms with Crippen LogP contribution < -0.4 is 0 Å². The van der Waals surface area contributed by atoms with Crippen molar-refractivity contribution in [3.05, 3.63) is 55.1 Å². The minimum Gasteiger partial charge on any atom is -0.145 e. The van der Waals surface area contributed by atoms with Crippen molar-refractivity contribution in [2.45, 2.75) is 12.3 Å². The van der Waals surface area contributed by atoms with Gasteiger partial charge >= 0.3 is 0 Å². The standard InChI is InChI=1S/C12H9BrCl2S/c1-7-2-3-8(13)6-9(7)11(15)12-10(14)4-5-16-12/h2-6,11H,1H3. The summed E-state index contributed by atoms with van der Waals surface area (Å²) in [4.78, 5) is 1.00. The molecule has 0 spiro atoms. The summed E-state index contributed by atoms with van der Waals surface area (Å²) >= 11 is 17.6. The summed E-state index contributed by atoms with van der Waals surface area (Å²) in [6, 6.07) is 7.99. The van der Waals surface area contributed by atoms with Crippen molar-refractivity contribution in [3.63, 3.8) is 0 Å². The van der Waals surface area contributed by atoms with Crippen molar-refractivity contribution in [2.24, 2.45) is 0 Å². The summed E-state index contributed by atoms with van der Waals surface area (Å²) in [5.41, 5.74) is 2.27. The molecule has 1 atom stereocenters. The van der Waals surface area contributed by atoms with Crippen LogP contribution in [0.4, 0.5) is 0 Å². The highest BCUT2D eigenvalue weighted by Crippen LogP contribution is 2.39. The second kappa shape index (κ2) is 5.09. The smallest absolute Gasteiger partial charge is 0.0945 e. The molecular formula is C12H9BrCl2S. The van der Waals surface area contributed by atoms with Crippen LogP contribution in [0.25, 0.3) is 0 Å². The van der Waals surface area contributed by atoms with Crippen LogP contribution in [0.2, 0.25) is 5.02 Å². The average Bonchev–Trinajstić information content (AvgIpc) is 2.67. The fourth-order valence-electron chi connectivity index (χ4n) is 1.51. The van der Waals surface area contributed by atoms with Gasteiger partial charge in [-0.3, -0.25) is 0 Å².